The van der Waals surface area contributed by atoms with Crippen molar-refractivity contribution in [2.24, 2.45) is 5.92 Å². The van der Waals surface area contributed by atoms with Gasteiger partial charge in [0.05, 0.1) is 0 Å². The largest absolute Gasteiger partial charge is 0.377 e. The number of methoxy groups -OCH3 is 1. The number of hydrogen-bond donors (Lipinski definition) is 1. The van der Waals surface area contributed by atoms with E-state index < -0.39 is 12.0 Å². The second-order valence-corrected chi connectivity index (χ2v) is 6.23. The van der Waals surface area contributed by atoms with Gasteiger partial charge in [-0.15, -0.1) is 0 Å². The zero-order valence-electron chi connectivity index (χ0n) is 14.0. The van der Waals surface area contributed by atoms with Crippen LogP contribution in [0.4, 0.5) is 14.6 Å². The van der Waals surface area contributed by atoms with Crippen LogP contribution < -0.4 is 10.5 Å². The highest BCUT2D eigenvalue weighted by Crippen LogP contribution is 2.35. The van der Waals surface area contributed by atoms with Gasteiger partial charge in [-0.25, -0.2) is 13.8 Å². The topological polar surface area (TPSA) is 58.2 Å². The van der Waals surface area contributed by atoms with Gasteiger partial charge in [0.1, 0.15) is 30.2 Å². The lowest BCUT2D eigenvalue weighted by atomic mass is 9.88. The second kappa shape index (κ2) is 7.74. The van der Waals surface area contributed by atoms with Crippen molar-refractivity contribution >= 4 is 5.82 Å². The molecule has 1 aromatic carbocycles. The van der Waals surface area contributed by atoms with Crippen LogP contribution in [0.1, 0.15) is 30.4 Å². The molecule has 0 saturated carbocycles. The standard InChI is InChI=1S/C18H21F2N3O2/c1-25-11-15-21-16(10-17(24)22-15)23-8-6-12(7-9-23)18(20)13-4-2-3-5-14(13)19/h2-5,10,12,18H,6-9,11H2,1H3,(H,21,22,24). The van der Waals surface area contributed by atoms with E-state index in [4.69, 9.17) is 4.74 Å². The molecule has 134 valence electrons. The van der Waals surface area contributed by atoms with Crippen LogP contribution in [0.5, 0.6) is 0 Å². The number of nitrogens with one attached hydrogen (secondary N) is 1. The molecule has 0 aliphatic carbocycles. The number of piperidine rings is 1. The molecule has 1 atom stereocenters. The first-order chi connectivity index (χ1) is 12.1. The van der Waals surface area contributed by atoms with Crippen LogP contribution in [0.2, 0.25) is 0 Å². The average Bonchev–Trinajstić information content (AvgIpc) is 2.61. The molecule has 0 spiro atoms. The monoisotopic (exact) mass is 349 g/mol. The Labute approximate surface area is 144 Å². The van der Waals surface area contributed by atoms with E-state index in [0.717, 1.165) is 0 Å². The predicted molar refractivity (Wildman–Crippen MR) is 90.8 cm³/mol. The predicted octanol–water partition coefficient (Wildman–Crippen LogP) is 2.98. The molecule has 1 aliphatic rings. The highest BCUT2D eigenvalue weighted by atomic mass is 19.1. The lowest BCUT2D eigenvalue weighted by Gasteiger charge is -2.34. The fourth-order valence-electron chi connectivity index (χ4n) is 3.24. The maximum Gasteiger partial charge on any atom is 0.253 e. The molecule has 25 heavy (non-hydrogen) atoms. The van der Waals surface area contributed by atoms with E-state index >= 15 is 0 Å². The molecule has 0 amide bonds. The van der Waals surface area contributed by atoms with Crippen molar-refractivity contribution in [3.05, 3.63) is 57.9 Å². The lowest BCUT2D eigenvalue weighted by Crippen LogP contribution is -2.36. The highest BCUT2D eigenvalue weighted by Gasteiger charge is 2.29. The molecular weight excluding hydrogens is 328 g/mol. The Morgan fingerprint density at radius 3 is 2.76 bits per heavy atom. The SMILES string of the molecule is COCc1nc(N2CCC(C(F)c3ccccc3F)CC2)cc(=O)[nH]1. The third-order valence-electron chi connectivity index (χ3n) is 4.54. The molecule has 1 aliphatic heterocycles. The molecular formula is C18H21F2N3O2. The van der Waals surface area contributed by atoms with Crippen LogP contribution in [-0.4, -0.2) is 30.2 Å². The number of anilines is 1. The quantitative estimate of drug-likeness (QED) is 0.902. The third-order valence-corrected chi connectivity index (χ3v) is 4.54. The zero-order valence-corrected chi connectivity index (χ0v) is 14.0. The van der Waals surface area contributed by atoms with E-state index in [-0.39, 0.29) is 23.6 Å². The maximum atomic E-state index is 14.7. The van der Waals surface area contributed by atoms with Crippen LogP contribution in [0.15, 0.2) is 35.1 Å². The van der Waals surface area contributed by atoms with Crippen LogP contribution in [0, 0.1) is 11.7 Å². The Hall–Kier alpha value is -2.28. The number of alkyl halides is 1. The van der Waals surface area contributed by atoms with Gasteiger partial charge >= 0.3 is 0 Å². The summed E-state index contributed by atoms with van der Waals surface area (Å²) in [5, 5.41) is 0. The minimum atomic E-state index is -1.32. The van der Waals surface area contributed by atoms with Crippen molar-refractivity contribution in [1.82, 2.24) is 9.97 Å². The summed E-state index contributed by atoms with van der Waals surface area (Å²) in [5.74, 6) is 0.281. The minimum absolute atomic E-state index is 0.123. The fraction of sp³-hybridized carbons (Fsp3) is 0.444. The normalized spacial score (nSPS) is 16.8. The molecule has 1 fully saturated rings. The van der Waals surface area contributed by atoms with E-state index in [9.17, 15) is 13.6 Å². The number of ether oxygens (including phenoxy) is 1. The van der Waals surface area contributed by atoms with Crippen molar-refractivity contribution in [2.45, 2.75) is 25.6 Å². The number of halogens is 2. The van der Waals surface area contributed by atoms with Crippen LogP contribution in [0.25, 0.3) is 0 Å². The van der Waals surface area contributed by atoms with Gasteiger partial charge in [0, 0.05) is 31.8 Å². The molecule has 0 bridgehead atoms. The Morgan fingerprint density at radius 2 is 2.08 bits per heavy atom. The van der Waals surface area contributed by atoms with Crippen molar-refractivity contribution in [2.75, 3.05) is 25.1 Å². The van der Waals surface area contributed by atoms with Crippen molar-refractivity contribution in [3.63, 3.8) is 0 Å². The van der Waals surface area contributed by atoms with E-state index in [1.807, 2.05) is 4.90 Å². The smallest absolute Gasteiger partial charge is 0.253 e. The summed E-state index contributed by atoms with van der Waals surface area (Å²) in [6.45, 7) is 1.37. The fourth-order valence-corrected chi connectivity index (χ4v) is 3.24. The lowest BCUT2D eigenvalue weighted by molar-refractivity contribution is 0.177. The van der Waals surface area contributed by atoms with Gasteiger partial charge in [-0.2, -0.15) is 0 Å². The summed E-state index contributed by atoms with van der Waals surface area (Å²) < 4.78 is 33.5. The number of H-pyrrole nitrogens is 1. The number of aromatic nitrogens is 2. The summed E-state index contributed by atoms with van der Waals surface area (Å²) in [5.41, 5.74) is -0.119. The van der Waals surface area contributed by atoms with Gasteiger partial charge < -0.3 is 14.6 Å². The third kappa shape index (κ3) is 4.04. The van der Waals surface area contributed by atoms with E-state index in [1.54, 1.807) is 12.1 Å². The first-order valence-corrected chi connectivity index (χ1v) is 8.31. The summed E-state index contributed by atoms with van der Waals surface area (Å²) in [6, 6.07) is 7.43. The first kappa shape index (κ1) is 17.5. The number of aromatic amines is 1. The van der Waals surface area contributed by atoms with Crippen LogP contribution in [0.3, 0.4) is 0 Å². The highest BCUT2D eigenvalue weighted by molar-refractivity contribution is 5.38. The Balaban J connectivity index is 1.68. The summed E-state index contributed by atoms with van der Waals surface area (Å²) in [7, 11) is 1.53. The van der Waals surface area contributed by atoms with Crippen LogP contribution >= 0.6 is 0 Å². The Morgan fingerprint density at radius 1 is 1.36 bits per heavy atom. The first-order valence-electron chi connectivity index (χ1n) is 8.31. The van der Waals surface area contributed by atoms with Gasteiger partial charge in [0.2, 0.25) is 0 Å². The number of hydrogen-bond acceptors (Lipinski definition) is 4. The summed E-state index contributed by atoms with van der Waals surface area (Å²) in [4.78, 5) is 20.7. The van der Waals surface area contributed by atoms with Crippen molar-refractivity contribution < 1.29 is 13.5 Å². The second-order valence-electron chi connectivity index (χ2n) is 6.23. The van der Waals surface area contributed by atoms with Crippen LogP contribution in [-0.2, 0) is 11.3 Å². The molecule has 1 N–H and O–H groups in total. The van der Waals surface area contributed by atoms with Crippen molar-refractivity contribution in [3.8, 4) is 0 Å². The number of rotatable bonds is 5. The van der Waals surface area contributed by atoms with E-state index in [1.165, 1.54) is 25.3 Å². The van der Waals surface area contributed by atoms with Crippen molar-refractivity contribution in [1.29, 1.82) is 0 Å². The van der Waals surface area contributed by atoms with Gasteiger partial charge in [-0.1, -0.05) is 18.2 Å². The van der Waals surface area contributed by atoms with E-state index in [0.29, 0.717) is 37.6 Å². The Kier molecular flexibility index (Phi) is 5.43. The maximum absolute atomic E-state index is 14.7. The molecule has 1 aromatic heterocycles. The molecule has 2 heterocycles. The van der Waals surface area contributed by atoms with Gasteiger partial charge in [-0.05, 0) is 24.8 Å². The molecule has 5 nitrogen and oxygen atoms in total. The molecule has 2 aromatic rings. The molecule has 7 heteroatoms. The molecule has 1 saturated heterocycles. The van der Waals surface area contributed by atoms with Gasteiger partial charge in [0.25, 0.3) is 5.56 Å². The molecule has 1 unspecified atom stereocenters. The molecule has 3 rings (SSSR count). The zero-order chi connectivity index (χ0) is 17.8. The Bertz CT molecular complexity index is 773. The van der Waals surface area contributed by atoms with Gasteiger partial charge in [0.15, 0.2) is 0 Å². The summed E-state index contributed by atoms with van der Waals surface area (Å²) >= 11 is 0. The summed E-state index contributed by atoms with van der Waals surface area (Å²) in [6.07, 6.45) is -0.174. The van der Waals surface area contributed by atoms with Gasteiger partial charge in [-0.3, -0.25) is 4.79 Å². The number of nitrogens with zero attached hydrogens (tertiary/aromatic N) is 2. The molecule has 0 radical (unpaired) electrons. The number of benzene rings is 1. The average molecular weight is 349 g/mol. The van der Waals surface area contributed by atoms with E-state index in [2.05, 4.69) is 9.97 Å². The minimum Gasteiger partial charge on any atom is -0.377 e.